The second-order valence-electron chi connectivity index (χ2n) is 14.5. The monoisotopic (exact) mass is 731 g/mol. The van der Waals surface area contributed by atoms with Gasteiger partial charge in [-0.05, 0) is 102 Å². The van der Waals surface area contributed by atoms with Crippen LogP contribution >= 0.6 is 0 Å². The van der Waals surface area contributed by atoms with Crippen LogP contribution in [0.5, 0.6) is 0 Å². The number of para-hydroxylation sites is 4. The fraction of sp³-hybridized carbons (Fsp3) is 0. The average Bonchev–Trinajstić information content (AvgIpc) is 4.01. The molecule has 4 heterocycles. The van der Waals surface area contributed by atoms with Crippen LogP contribution in [0.25, 0.3) is 83.3 Å². The third-order valence-electron chi connectivity index (χ3n) is 11.2. The van der Waals surface area contributed by atoms with Gasteiger partial charge in [0, 0.05) is 44.6 Å². The van der Waals surface area contributed by atoms with Crippen LogP contribution in [0, 0.1) is 0 Å². The molecule has 0 aliphatic carbocycles. The lowest BCUT2D eigenvalue weighted by atomic mass is 10.0. The van der Waals surface area contributed by atoms with Gasteiger partial charge in [0.05, 0.1) is 22.1 Å². The minimum absolute atomic E-state index is 0.777. The van der Waals surface area contributed by atoms with Crippen molar-refractivity contribution in [3.63, 3.8) is 0 Å². The molecular formula is C51H33N5O. The normalized spacial score (nSPS) is 11.9. The van der Waals surface area contributed by atoms with E-state index < -0.39 is 0 Å². The van der Waals surface area contributed by atoms with Crippen LogP contribution in [0.15, 0.2) is 205 Å². The zero-order chi connectivity index (χ0) is 37.5. The molecule has 0 N–H and O–H groups in total. The zero-order valence-corrected chi connectivity index (χ0v) is 30.7. The van der Waals surface area contributed by atoms with Crippen LogP contribution < -0.4 is 4.90 Å². The number of nitrogens with zero attached hydrogens (tertiary/aromatic N) is 5. The maximum Gasteiger partial charge on any atom is 0.232 e. The maximum atomic E-state index is 6.60. The topological polar surface area (TPSA) is 43.5 Å². The molecule has 0 unspecified atom stereocenters. The first-order chi connectivity index (χ1) is 28.3. The summed E-state index contributed by atoms with van der Waals surface area (Å²) in [5.74, 6) is 0.807. The van der Waals surface area contributed by atoms with Crippen LogP contribution in [-0.4, -0.2) is 18.5 Å². The van der Waals surface area contributed by atoms with E-state index >= 15 is 0 Å². The smallest absolute Gasteiger partial charge is 0.232 e. The van der Waals surface area contributed by atoms with Gasteiger partial charge in [-0.25, -0.2) is 9.38 Å². The lowest BCUT2D eigenvalue weighted by Gasteiger charge is -2.26. The van der Waals surface area contributed by atoms with Crippen molar-refractivity contribution in [3.8, 4) is 22.5 Å². The summed E-state index contributed by atoms with van der Waals surface area (Å²) in [6.45, 7) is 0. The summed E-state index contributed by atoms with van der Waals surface area (Å²) in [7, 11) is 0. The number of aromatic nitrogens is 4. The first-order valence-electron chi connectivity index (χ1n) is 19.2. The van der Waals surface area contributed by atoms with E-state index in [9.17, 15) is 0 Å². The largest absolute Gasteiger partial charge is 0.437 e. The highest BCUT2D eigenvalue weighted by Crippen LogP contribution is 2.42. The molecule has 0 bridgehead atoms. The Hall–Kier alpha value is -7.83. The van der Waals surface area contributed by atoms with Crippen LogP contribution in [0.2, 0.25) is 0 Å². The van der Waals surface area contributed by atoms with E-state index in [1.54, 1.807) is 0 Å². The van der Waals surface area contributed by atoms with E-state index in [0.29, 0.717) is 0 Å². The SMILES string of the molecule is c1ccc(-c2ccc(N(c3ccc4c(c3)nc3n(-c5ccccc5)c5c6ccccc6oc5n43)c3ccc4c(c3)c3ccccc3n4-c3ccccc3)cc2)cc1. The van der Waals surface area contributed by atoms with Gasteiger partial charge in [-0.15, -0.1) is 0 Å². The van der Waals surface area contributed by atoms with Gasteiger partial charge in [-0.1, -0.05) is 109 Å². The van der Waals surface area contributed by atoms with Crippen LogP contribution in [0.3, 0.4) is 0 Å². The molecule has 0 saturated heterocycles. The van der Waals surface area contributed by atoms with Gasteiger partial charge in [-0.2, -0.15) is 0 Å². The third-order valence-corrected chi connectivity index (χ3v) is 11.2. The van der Waals surface area contributed by atoms with E-state index in [4.69, 9.17) is 9.40 Å². The summed E-state index contributed by atoms with van der Waals surface area (Å²) in [6, 6.07) is 70.7. The number of furan rings is 1. The molecule has 8 aromatic carbocycles. The second-order valence-corrected chi connectivity index (χ2v) is 14.5. The van der Waals surface area contributed by atoms with Crippen molar-refractivity contribution >= 4 is 77.9 Å². The molecule has 0 aliphatic rings. The number of benzene rings is 8. The molecule has 6 heteroatoms. The number of imidazole rings is 2. The van der Waals surface area contributed by atoms with E-state index in [1.807, 2.05) is 18.2 Å². The highest BCUT2D eigenvalue weighted by molar-refractivity contribution is 6.11. The third kappa shape index (κ3) is 4.81. The summed E-state index contributed by atoms with van der Waals surface area (Å²) in [6.07, 6.45) is 0. The van der Waals surface area contributed by atoms with Crippen LogP contribution in [0.4, 0.5) is 17.1 Å². The Kier molecular flexibility index (Phi) is 6.83. The molecular weight excluding hydrogens is 699 g/mol. The first kappa shape index (κ1) is 31.5. The maximum absolute atomic E-state index is 6.60. The number of rotatable bonds is 6. The number of anilines is 3. The predicted octanol–water partition coefficient (Wildman–Crippen LogP) is 13.4. The summed E-state index contributed by atoms with van der Waals surface area (Å²) in [5, 5.41) is 3.46. The van der Waals surface area contributed by atoms with Gasteiger partial charge < -0.3 is 13.9 Å². The number of hydrogen-bond acceptors (Lipinski definition) is 3. The minimum atomic E-state index is 0.777. The minimum Gasteiger partial charge on any atom is -0.437 e. The van der Waals surface area contributed by atoms with E-state index in [1.165, 1.54) is 27.4 Å². The van der Waals surface area contributed by atoms with Crippen molar-refractivity contribution in [2.75, 3.05) is 4.90 Å². The van der Waals surface area contributed by atoms with Gasteiger partial charge >= 0.3 is 0 Å². The standard InChI is InChI=1S/C51H33N5O/c1-4-14-34(15-5-1)35-24-26-38(27-25-35)53(39-28-30-46-43(32-39)41-20-10-12-22-45(41)54(46)36-16-6-2-7-17-36)40-29-31-47-44(33-40)52-51-55(37-18-8-3-9-19-37)49-42-21-11-13-23-48(42)57-50(49)56(47)51/h1-33H. The Morgan fingerprint density at radius 3 is 1.74 bits per heavy atom. The zero-order valence-electron chi connectivity index (χ0n) is 30.7. The second kappa shape index (κ2) is 12.3. The van der Waals surface area contributed by atoms with Gasteiger partial charge in [-0.3, -0.25) is 4.57 Å². The highest BCUT2D eigenvalue weighted by Gasteiger charge is 2.24. The first-order valence-corrected chi connectivity index (χ1v) is 19.2. The molecule has 0 saturated carbocycles. The average molecular weight is 732 g/mol. The Labute approximate surface area is 327 Å². The molecule has 6 nitrogen and oxygen atoms in total. The van der Waals surface area contributed by atoms with Crippen molar-refractivity contribution in [1.82, 2.24) is 18.5 Å². The van der Waals surface area contributed by atoms with Crippen molar-refractivity contribution in [2.45, 2.75) is 0 Å². The van der Waals surface area contributed by atoms with E-state index in [0.717, 1.165) is 73.0 Å². The Bertz CT molecular complexity index is 3450. The summed E-state index contributed by atoms with van der Waals surface area (Å²) < 4.78 is 13.3. The molecule has 0 radical (unpaired) electrons. The fourth-order valence-electron chi connectivity index (χ4n) is 8.69. The molecule has 4 aromatic heterocycles. The Balaban J connectivity index is 1.08. The number of fused-ring (bicyclic) bond motifs is 10. The summed E-state index contributed by atoms with van der Waals surface area (Å²) in [5.41, 5.74) is 14.5. The van der Waals surface area contributed by atoms with Gasteiger partial charge in [0.2, 0.25) is 11.5 Å². The Morgan fingerprint density at radius 2 is 0.982 bits per heavy atom. The van der Waals surface area contributed by atoms with Gasteiger partial charge in [0.1, 0.15) is 11.1 Å². The van der Waals surface area contributed by atoms with E-state index in [-0.39, 0.29) is 0 Å². The molecule has 0 amide bonds. The molecule has 12 aromatic rings. The van der Waals surface area contributed by atoms with Crippen molar-refractivity contribution in [3.05, 3.63) is 200 Å². The molecule has 57 heavy (non-hydrogen) atoms. The van der Waals surface area contributed by atoms with Gasteiger partial charge in [0.25, 0.3) is 0 Å². The lowest BCUT2D eigenvalue weighted by Crippen LogP contribution is -2.10. The lowest BCUT2D eigenvalue weighted by molar-refractivity contribution is 0.651. The molecule has 268 valence electrons. The number of hydrogen-bond donors (Lipinski definition) is 0. The Morgan fingerprint density at radius 1 is 0.421 bits per heavy atom. The van der Waals surface area contributed by atoms with Crippen LogP contribution in [0.1, 0.15) is 0 Å². The van der Waals surface area contributed by atoms with Crippen molar-refractivity contribution < 1.29 is 4.42 Å². The highest BCUT2D eigenvalue weighted by atomic mass is 16.3. The van der Waals surface area contributed by atoms with E-state index in [2.05, 4.69) is 200 Å². The summed E-state index contributed by atoms with van der Waals surface area (Å²) >= 11 is 0. The molecule has 0 spiro atoms. The molecule has 0 fully saturated rings. The fourth-order valence-corrected chi connectivity index (χ4v) is 8.69. The quantitative estimate of drug-likeness (QED) is 0.171. The van der Waals surface area contributed by atoms with Crippen LogP contribution in [-0.2, 0) is 0 Å². The molecule has 0 aliphatic heterocycles. The summed E-state index contributed by atoms with van der Waals surface area (Å²) in [4.78, 5) is 7.70. The van der Waals surface area contributed by atoms with Gasteiger partial charge in [0.15, 0.2) is 0 Å². The molecule has 12 rings (SSSR count). The van der Waals surface area contributed by atoms with Crippen molar-refractivity contribution in [2.24, 2.45) is 0 Å². The van der Waals surface area contributed by atoms with Crippen molar-refractivity contribution in [1.29, 1.82) is 0 Å². The molecule has 0 atom stereocenters. The predicted molar refractivity (Wildman–Crippen MR) is 234 cm³/mol.